The van der Waals surface area contributed by atoms with Gasteiger partial charge in [-0.1, -0.05) is 0 Å². The first-order chi connectivity index (χ1) is 5.84. The van der Waals surface area contributed by atoms with Crippen molar-refractivity contribution in [2.24, 2.45) is 0 Å². The van der Waals surface area contributed by atoms with Crippen LogP contribution in [0.3, 0.4) is 0 Å². The SMILES string of the molecule is CN1CCCC(OCC2CO2)C1. The fraction of sp³-hybridized carbons (Fsp3) is 1.00. The quantitative estimate of drug-likeness (QED) is 0.578. The van der Waals surface area contributed by atoms with Crippen molar-refractivity contribution in [1.82, 2.24) is 4.90 Å². The summed E-state index contributed by atoms with van der Waals surface area (Å²) in [5.41, 5.74) is 0. The van der Waals surface area contributed by atoms with Crippen molar-refractivity contribution in [3.8, 4) is 0 Å². The highest BCUT2D eigenvalue weighted by molar-refractivity contribution is 4.73. The highest BCUT2D eigenvalue weighted by atomic mass is 16.6. The summed E-state index contributed by atoms with van der Waals surface area (Å²) < 4.78 is 10.8. The van der Waals surface area contributed by atoms with Crippen molar-refractivity contribution in [2.45, 2.75) is 25.0 Å². The zero-order valence-electron chi connectivity index (χ0n) is 7.66. The van der Waals surface area contributed by atoms with E-state index in [2.05, 4.69) is 11.9 Å². The molecule has 0 aromatic rings. The smallest absolute Gasteiger partial charge is 0.104 e. The van der Waals surface area contributed by atoms with Gasteiger partial charge in [-0.25, -0.2) is 0 Å². The number of piperidine rings is 1. The van der Waals surface area contributed by atoms with Gasteiger partial charge < -0.3 is 14.4 Å². The van der Waals surface area contributed by atoms with Crippen molar-refractivity contribution in [3.05, 3.63) is 0 Å². The molecule has 2 aliphatic rings. The molecule has 2 fully saturated rings. The molecule has 0 saturated carbocycles. The normalized spacial score (nSPS) is 36.8. The summed E-state index contributed by atoms with van der Waals surface area (Å²) >= 11 is 0. The van der Waals surface area contributed by atoms with E-state index in [-0.39, 0.29) is 0 Å². The summed E-state index contributed by atoms with van der Waals surface area (Å²) in [6, 6.07) is 0. The largest absolute Gasteiger partial charge is 0.374 e. The molecule has 3 heteroatoms. The average Bonchev–Trinajstić information content (AvgIpc) is 2.84. The Bertz CT molecular complexity index is 147. The second-order valence-electron chi connectivity index (χ2n) is 3.82. The van der Waals surface area contributed by atoms with Gasteiger partial charge in [0.15, 0.2) is 0 Å². The van der Waals surface area contributed by atoms with E-state index < -0.39 is 0 Å². The molecule has 0 spiro atoms. The number of hydrogen-bond donors (Lipinski definition) is 0. The van der Waals surface area contributed by atoms with Gasteiger partial charge in [0, 0.05) is 6.54 Å². The summed E-state index contributed by atoms with van der Waals surface area (Å²) in [5.74, 6) is 0. The third-order valence-electron chi connectivity index (χ3n) is 2.50. The first-order valence-electron chi connectivity index (χ1n) is 4.76. The number of rotatable bonds is 3. The number of likely N-dealkylation sites (tertiary alicyclic amines) is 1. The number of ether oxygens (including phenoxy) is 2. The lowest BCUT2D eigenvalue weighted by molar-refractivity contribution is -0.000116. The van der Waals surface area contributed by atoms with E-state index in [0.29, 0.717) is 12.2 Å². The molecule has 0 N–H and O–H groups in total. The Hall–Kier alpha value is -0.120. The van der Waals surface area contributed by atoms with Crippen molar-refractivity contribution in [1.29, 1.82) is 0 Å². The lowest BCUT2D eigenvalue weighted by Gasteiger charge is -2.29. The standard InChI is InChI=1S/C9H17NO2/c1-10-4-2-3-8(5-10)11-6-9-7-12-9/h8-9H,2-7H2,1H3. The molecule has 12 heavy (non-hydrogen) atoms. The van der Waals surface area contributed by atoms with Gasteiger partial charge in [-0.3, -0.25) is 0 Å². The summed E-state index contributed by atoms with van der Waals surface area (Å²) in [7, 11) is 2.16. The van der Waals surface area contributed by atoms with Gasteiger partial charge in [0.2, 0.25) is 0 Å². The van der Waals surface area contributed by atoms with Gasteiger partial charge in [-0.2, -0.15) is 0 Å². The van der Waals surface area contributed by atoms with Crippen LogP contribution in [0.1, 0.15) is 12.8 Å². The van der Waals surface area contributed by atoms with Crippen LogP contribution >= 0.6 is 0 Å². The van der Waals surface area contributed by atoms with Gasteiger partial charge in [0.05, 0.1) is 19.3 Å². The lowest BCUT2D eigenvalue weighted by Crippen LogP contribution is -2.37. The van der Waals surface area contributed by atoms with Crippen molar-refractivity contribution in [2.75, 3.05) is 33.4 Å². The molecule has 0 aromatic heterocycles. The van der Waals surface area contributed by atoms with Gasteiger partial charge in [0.1, 0.15) is 6.10 Å². The molecule has 2 saturated heterocycles. The number of epoxide rings is 1. The van der Waals surface area contributed by atoms with Crippen LogP contribution in [0.5, 0.6) is 0 Å². The molecule has 2 unspecified atom stereocenters. The minimum atomic E-state index is 0.414. The Morgan fingerprint density at radius 3 is 3.08 bits per heavy atom. The number of hydrogen-bond acceptors (Lipinski definition) is 3. The molecule has 2 aliphatic heterocycles. The minimum Gasteiger partial charge on any atom is -0.374 e. The summed E-state index contributed by atoms with van der Waals surface area (Å²) in [5, 5.41) is 0. The van der Waals surface area contributed by atoms with Crippen LogP contribution in [0.25, 0.3) is 0 Å². The predicted octanol–water partition coefficient (Wildman–Crippen LogP) is 0.496. The molecule has 0 amide bonds. The topological polar surface area (TPSA) is 25.0 Å². The molecule has 3 nitrogen and oxygen atoms in total. The summed E-state index contributed by atoms with van der Waals surface area (Å²) in [6.07, 6.45) is 3.36. The van der Waals surface area contributed by atoms with E-state index in [1.54, 1.807) is 0 Å². The Morgan fingerprint density at radius 1 is 1.58 bits per heavy atom. The first-order valence-corrected chi connectivity index (χ1v) is 4.76. The highest BCUT2D eigenvalue weighted by Gasteiger charge is 2.25. The van der Waals surface area contributed by atoms with Crippen LogP contribution in [0.15, 0.2) is 0 Å². The molecule has 0 aromatic carbocycles. The van der Waals surface area contributed by atoms with E-state index in [1.807, 2.05) is 0 Å². The molecule has 2 atom stereocenters. The monoisotopic (exact) mass is 171 g/mol. The van der Waals surface area contributed by atoms with Crippen LogP contribution < -0.4 is 0 Å². The summed E-state index contributed by atoms with van der Waals surface area (Å²) in [6.45, 7) is 4.02. The van der Waals surface area contributed by atoms with E-state index in [1.165, 1.54) is 19.4 Å². The molecule has 70 valence electrons. The second-order valence-corrected chi connectivity index (χ2v) is 3.82. The maximum absolute atomic E-state index is 5.71. The van der Waals surface area contributed by atoms with Crippen molar-refractivity contribution >= 4 is 0 Å². The number of likely N-dealkylation sites (N-methyl/N-ethyl adjacent to an activating group) is 1. The van der Waals surface area contributed by atoms with Crippen LogP contribution in [0.4, 0.5) is 0 Å². The van der Waals surface area contributed by atoms with Gasteiger partial charge in [0.25, 0.3) is 0 Å². The van der Waals surface area contributed by atoms with Crippen LogP contribution in [-0.4, -0.2) is 50.5 Å². The lowest BCUT2D eigenvalue weighted by atomic mass is 10.1. The zero-order valence-corrected chi connectivity index (χ0v) is 7.66. The van der Waals surface area contributed by atoms with E-state index in [0.717, 1.165) is 19.8 Å². The van der Waals surface area contributed by atoms with E-state index >= 15 is 0 Å². The second kappa shape index (κ2) is 3.73. The molecule has 2 rings (SSSR count). The maximum atomic E-state index is 5.71. The average molecular weight is 171 g/mol. The zero-order chi connectivity index (χ0) is 8.39. The summed E-state index contributed by atoms with van der Waals surface area (Å²) in [4.78, 5) is 2.34. The van der Waals surface area contributed by atoms with Crippen LogP contribution in [0.2, 0.25) is 0 Å². The van der Waals surface area contributed by atoms with Gasteiger partial charge in [-0.15, -0.1) is 0 Å². The third kappa shape index (κ3) is 2.44. The molecule has 0 bridgehead atoms. The first kappa shape index (κ1) is 8.48. The van der Waals surface area contributed by atoms with Crippen LogP contribution in [-0.2, 0) is 9.47 Å². The highest BCUT2D eigenvalue weighted by Crippen LogP contribution is 2.15. The minimum absolute atomic E-state index is 0.414. The molecular weight excluding hydrogens is 154 g/mol. The molecular formula is C9H17NO2. The molecule has 0 aliphatic carbocycles. The fourth-order valence-corrected chi connectivity index (χ4v) is 1.66. The van der Waals surface area contributed by atoms with Crippen molar-refractivity contribution in [3.63, 3.8) is 0 Å². The Labute approximate surface area is 73.6 Å². The third-order valence-corrected chi connectivity index (χ3v) is 2.50. The van der Waals surface area contributed by atoms with E-state index in [4.69, 9.17) is 9.47 Å². The Balaban J connectivity index is 1.64. The molecule has 2 heterocycles. The number of nitrogens with zero attached hydrogens (tertiary/aromatic N) is 1. The van der Waals surface area contributed by atoms with Crippen LogP contribution in [0, 0.1) is 0 Å². The predicted molar refractivity (Wildman–Crippen MR) is 46.2 cm³/mol. The van der Waals surface area contributed by atoms with Gasteiger partial charge >= 0.3 is 0 Å². The fourth-order valence-electron chi connectivity index (χ4n) is 1.66. The Kier molecular flexibility index (Phi) is 2.63. The maximum Gasteiger partial charge on any atom is 0.104 e. The van der Waals surface area contributed by atoms with Gasteiger partial charge in [-0.05, 0) is 26.4 Å². The van der Waals surface area contributed by atoms with E-state index in [9.17, 15) is 0 Å². The molecule has 0 radical (unpaired) electrons. The van der Waals surface area contributed by atoms with Crippen molar-refractivity contribution < 1.29 is 9.47 Å². The Morgan fingerprint density at radius 2 is 2.42 bits per heavy atom.